The van der Waals surface area contributed by atoms with E-state index in [1.165, 1.54) is 0 Å². The Kier molecular flexibility index (Phi) is 3.53. The highest BCUT2D eigenvalue weighted by atomic mass is 16.5. The SMILES string of the molecule is COc1cccc(C2(C(=O)O)CCC2)c1OC1CN(C)C1. The van der Waals surface area contributed by atoms with E-state index in [9.17, 15) is 9.90 Å². The minimum atomic E-state index is -0.806. The summed E-state index contributed by atoms with van der Waals surface area (Å²) in [7, 11) is 3.63. The number of likely N-dealkylation sites (N-methyl/N-ethyl adjacent to an activating group) is 1. The number of methoxy groups -OCH3 is 1. The summed E-state index contributed by atoms with van der Waals surface area (Å²) < 4.78 is 11.5. The summed E-state index contributed by atoms with van der Waals surface area (Å²) in [6.45, 7) is 1.72. The van der Waals surface area contributed by atoms with Crippen LogP contribution < -0.4 is 9.47 Å². The Bertz CT molecular complexity index is 547. The third-order valence-corrected chi connectivity index (χ3v) is 4.65. The van der Waals surface area contributed by atoms with Crippen LogP contribution in [-0.4, -0.2) is 49.3 Å². The fourth-order valence-electron chi connectivity index (χ4n) is 3.19. The molecule has 1 saturated heterocycles. The monoisotopic (exact) mass is 291 g/mol. The second-order valence-electron chi connectivity index (χ2n) is 6.04. The molecule has 3 rings (SSSR count). The molecule has 2 fully saturated rings. The minimum absolute atomic E-state index is 0.107. The van der Waals surface area contributed by atoms with Gasteiger partial charge in [-0.15, -0.1) is 0 Å². The molecular formula is C16H21NO4. The summed E-state index contributed by atoms with van der Waals surface area (Å²) in [6, 6.07) is 5.54. The molecule has 1 aromatic carbocycles. The summed E-state index contributed by atoms with van der Waals surface area (Å²) in [5, 5.41) is 9.67. The molecule has 1 aromatic rings. The number of hydrogen-bond acceptors (Lipinski definition) is 4. The molecule has 0 aromatic heterocycles. The number of carboxylic acids is 1. The van der Waals surface area contributed by atoms with Crippen molar-refractivity contribution < 1.29 is 19.4 Å². The predicted octanol–water partition coefficient (Wildman–Crippen LogP) is 1.89. The van der Waals surface area contributed by atoms with Gasteiger partial charge < -0.3 is 14.6 Å². The molecule has 1 heterocycles. The Hall–Kier alpha value is -1.75. The largest absolute Gasteiger partial charge is 0.493 e. The quantitative estimate of drug-likeness (QED) is 0.898. The standard InChI is InChI=1S/C16H21NO4/c1-17-9-11(10-17)21-14-12(5-3-6-13(14)20-2)16(15(18)19)7-4-8-16/h3,5-6,11H,4,7-10H2,1-2H3,(H,18,19). The van der Waals surface area contributed by atoms with E-state index in [0.29, 0.717) is 24.3 Å². The van der Waals surface area contributed by atoms with E-state index in [2.05, 4.69) is 4.90 Å². The molecule has 2 aliphatic rings. The van der Waals surface area contributed by atoms with Crippen LogP contribution in [0.4, 0.5) is 0 Å². The molecule has 1 aliphatic carbocycles. The van der Waals surface area contributed by atoms with E-state index >= 15 is 0 Å². The molecule has 0 amide bonds. The molecule has 5 heteroatoms. The Morgan fingerprint density at radius 3 is 2.57 bits per heavy atom. The fourth-order valence-corrected chi connectivity index (χ4v) is 3.19. The lowest BCUT2D eigenvalue weighted by Gasteiger charge is -2.41. The number of benzene rings is 1. The van der Waals surface area contributed by atoms with Crippen molar-refractivity contribution in [1.29, 1.82) is 0 Å². The average molecular weight is 291 g/mol. The van der Waals surface area contributed by atoms with Gasteiger partial charge in [-0.05, 0) is 26.0 Å². The zero-order valence-electron chi connectivity index (χ0n) is 12.5. The van der Waals surface area contributed by atoms with Gasteiger partial charge in [-0.25, -0.2) is 0 Å². The van der Waals surface area contributed by atoms with E-state index < -0.39 is 11.4 Å². The van der Waals surface area contributed by atoms with E-state index in [1.807, 2.05) is 25.2 Å². The lowest BCUT2D eigenvalue weighted by molar-refractivity contribution is -0.147. The summed E-state index contributed by atoms with van der Waals surface area (Å²) in [5.41, 5.74) is -0.0466. The van der Waals surface area contributed by atoms with Crippen molar-refractivity contribution in [3.05, 3.63) is 23.8 Å². The minimum Gasteiger partial charge on any atom is -0.493 e. The van der Waals surface area contributed by atoms with Gasteiger partial charge in [0.05, 0.1) is 12.5 Å². The fraction of sp³-hybridized carbons (Fsp3) is 0.562. The zero-order chi connectivity index (χ0) is 15.0. The van der Waals surface area contributed by atoms with E-state index in [-0.39, 0.29) is 6.10 Å². The van der Waals surface area contributed by atoms with Gasteiger partial charge in [0.1, 0.15) is 6.10 Å². The number of para-hydroxylation sites is 1. The third-order valence-electron chi connectivity index (χ3n) is 4.65. The van der Waals surface area contributed by atoms with E-state index in [4.69, 9.17) is 9.47 Å². The molecule has 1 saturated carbocycles. The normalized spacial score (nSPS) is 21.2. The molecular weight excluding hydrogens is 270 g/mol. The Labute approximate surface area is 124 Å². The topological polar surface area (TPSA) is 59.0 Å². The van der Waals surface area contributed by atoms with Crippen LogP contribution in [0.2, 0.25) is 0 Å². The summed E-state index contributed by atoms with van der Waals surface area (Å²) in [6.07, 6.45) is 2.37. The van der Waals surface area contributed by atoms with Crippen LogP contribution in [0.25, 0.3) is 0 Å². The Morgan fingerprint density at radius 2 is 2.10 bits per heavy atom. The second-order valence-corrected chi connectivity index (χ2v) is 6.04. The van der Waals surface area contributed by atoms with Gasteiger partial charge >= 0.3 is 5.97 Å². The number of aliphatic carboxylic acids is 1. The first-order valence-corrected chi connectivity index (χ1v) is 7.33. The highest BCUT2D eigenvalue weighted by Gasteiger charge is 2.48. The van der Waals surface area contributed by atoms with Gasteiger partial charge in [0.15, 0.2) is 11.5 Å². The number of carboxylic acid groups (broad SMARTS) is 1. The molecule has 1 N–H and O–H groups in total. The zero-order valence-corrected chi connectivity index (χ0v) is 12.5. The number of ether oxygens (including phenoxy) is 2. The van der Waals surface area contributed by atoms with Crippen molar-refractivity contribution in [2.45, 2.75) is 30.8 Å². The second kappa shape index (κ2) is 5.22. The molecule has 0 atom stereocenters. The highest BCUT2D eigenvalue weighted by Crippen LogP contribution is 2.50. The molecule has 5 nitrogen and oxygen atoms in total. The van der Waals surface area contributed by atoms with Crippen molar-refractivity contribution in [2.24, 2.45) is 0 Å². The predicted molar refractivity (Wildman–Crippen MR) is 78.1 cm³/mol. The summed E-state index contributed by atoms with van der Waals surface area (Å²) in [4.78, 5) is 13.9. The lowest BCUT2D eigenvalue weighted by Crippen LogP contribution is -2.52. The van der Waals surface area contributed by atoms with E-state index in [1.54, 1.807) is 7.11 Å². The molecule has 0 spiro atoms. The van der Waals surface area contributed by atoms with Crippen LogP contribution in [0.15, 0.2) is 18.2 Å². The van der Waals surface area contributed by atoms with Crippen LogP contribution >= 0.6 is 0 Å². The molecule has 0 unspecified atom stereocenters. The van der Waals surface area contributed by atoms with E-state index in [0.717, 1.165) is 25.1 Å². The Balaban J connectivity index is 1.97. The van der Waals surface area contributed by atoms with Gasteiger partial charge in [-0.3, -0.25) is 9.69 Å². The molecule has 0 radical (unpaired) electrons. The van der Waals surface area contributed by atoms with Crippen LogP contribution in [0.3, 0.4) is 0 Å². The maximum Gasteiger partial charge on any atom is 0.314 e. The van der Waals surface area contributed by atoms with Crippen molar-refractivity contribution in [1.82, 2.24) is 4.90 Å². The van der Waals surface area contributed by atoms with Gasteiger partial charge in [0.25, 0.3) is 0 Å². The first-order chi connectivity index (χ1) is 10.1. The number of carbonyl (C=O) groups is 1. The lowest BCUT2D eigenvalue weighted by atomic mass is 9.64. The summed E-state index contributed by atoms with van der Waals surface area (Å²) >= 11 is 0. The smallest absolute Gasteiger partial charge is 0.314 e. The molecule has 1 aliphatic heterocycles. The number of hydrogen-bond donors (Lipinski definition) is 1. The maximum atomic E-state index is 11.8. The van der Waals surface area contributed by atoms with Crippen molar-refractivity contribution in [3.8, 4) is 11.5 Å². The molecule has 21 heavy (non-hydrogen) atoms. The maximum absolute atomic E-state index is 11.8. The average Bonchev–Trinajstić information content (AvgIpc) is 2.36. The van der Waals surface area contributed by atoms with Crippen molar-refractivity contribution >= 4 is 5.97 Å². The molecule has 114 valence electrons. The summed E-state index contributed by atoms with van der Waals surface area (Å²) in [5.74, 6) is 0.465. The van der Waals surface area contributed by atoms with Crippen LogP contribution in [0, 0.1) is 0 Å². The van der Waals surface area contributed by atoms with Gasteiger partial charge in [0.2, 0.25) is 0 Å². The highest BCUT2D eigenvalue weighted by molar-refractivity contribution is 5.84. The van der Waals surface area contributed by atoms with Crippen LogP contribution in [0.5, 0.6) is 11.5 Å². The molecule has 0 bridgehead atoms. The van der Waals surface area contributed by atoms with Crippen LogP contribution in [-0.2, 0) is 10.2 Å². The Morgan fingerprint density at radius 1 is 1.38 bits per heavy atom. The first-order valence-electron chi connectivity index (χ1n) is 7.33. The van der Waals surface area contributed by atoms with Gasteiger partial charge in [0, 0.05) is 18.7 Å². The number of nitrogens with zero attached hydrogens (tertiary/aromatic N) is 1. The van der Waals surface area contributed by atoms with Gasteiger partial charge in [-0.1, -0.05) is 18.6 Å². The van der Waals surface area contributed by atoms with Crippen LogP contribution in [0.1, 0.15) is 24.8 Å². The third kappa shape index (κ3) is 2.25. The number of likely N-dealkylation sites (tertiary alicyclic amines) is 1. The van der Waals surface area contributed by atoms with Crippen molar-refractivity contribution in [3.63, 3.8) is 0 Å². The first kappa shape index (κ1) is 14.2. The van der Waals surface area contributed by atoms with Gasteiger partial charge in [-0.2, -0.15) is 0 Å². The number of rotatable bonds is 5. The van der Waals surface area contributed by atoms with Crippen molar-refractivity contribution in [2.75, 3.05) is 27.2 Å².